The van der Waals surface area contributed by atoms with Gasteiger partial charge in [-0.2, -0.15) is 0 Å². The lowest BCUT2D eigenvalue weighted by Crippen LogP contribution is -2.45. The molecule has 1 heterocycles. The first-order valence-electron chi connectivity index (χ1n) is 8.18. The third kappa shape index (κ3) is 4.37. The summed E-state index contributed by atoms with van der Waals surface area (Å²) in [5.41, 5.74) is 1.27. The zero-order valence-corrected chi connectivity index (χ0v) is 13.9. The summed E-state index contributed by atoms with van der Waals surface area (Å²) >= 11 is 0. The Balaban J connectivity index is 2.12. The predicted molar refractivity (Wildman–Crippen MR) is 91.6 cm³/mol. The third-order valence-corrected chi connectivity index (χ3v) is 4.09. The van der Waals surface area contributed by atoms with Gasteiger partial charge in [0, 0.05) is 19.6 Å². The van der Waals surface area contributed by atoms with Crippen molar-refractivity contribution in [3.05, 3.63) is 29.8 Å². The quantitative estimate of drug-likeness (QED) is 0.809. The van der Waals surface area contributed by atoms with E-state index in [-0.39, 0.29) is 0 Å². The molecule has 0 saturated carbocycles. The Labute approximate surface area is 133 Å². The summed E-state index contributed by atoms with van der Waals surface area (Å²) in [5.74, 6) is 1.83. The van der Waals surface area contributed by atoms with Crippen molar-refractivity contribution < 1.29 is 4.74 Å². The maximum Gasteiger partial charge on any atom is 0.191 e. The van der Waals surface area contributed by atoms with E-state index in [9.17, 15) is 0 Å². The summed E-state index contributed by atoms with van der Waals surface area (Å²) in [7, 11) is 1.71. The first kappa shape index (κ1) is 16.6. The molecule has 0 bridgehead atoms. The van der Waals surface area contributed by atoms with Crippen LogP contribution in [0.2, 0.25) is 0 Å². The molecular weight excluding hydrogens is 276 g/mol. The minimum atomic E-state index is 0.302. The van der Waals surface area contributed by atoms with E-state index >= 15 is 0 Å². The Morgan fingerprint density at radius 1 is 1.36 bits per heavy atom. The van der Waals surface area contributed by atoms with Crippen LogP contribution >= 0.6 is 0 Å². The normalized spacial score (nSPS) is 15.9. The van der Waals surface area contributed by atoms with Gasteiger partial charge in [0.05, 0.1) is 13.2 Å². The Hall–Kier alpha value is -1.75. The maximum absolute atomic E-state index is 5.37. The average Bonchev–Trinajstić information content (AvgIpc) is 2.59. The summed E-state index contributed by atoms with van der Waals surface area (Å²) in [6.45, 7) is 9.17. The highest BCUT2D eigenvalue weighted by molar-refractivity contribution is 5.80. The number of nitrogens with zero attached hydrogens (tertiary/aromatic N) is 2. The first-order valence-corrected chi connectivity index (χ1v) is 8.18. The number of aliphatic imine (C=N–C) groups is 1. The molecule has 22 heavy (non-hydrogen) atoms. The van der Waals surface area contributed by atoms with E-state index in [1.807, 2.05) is 6.07 Å². The monoisotopic (exact) mass is 304 g/mol. The molecular formula is C17H28N4O. The lowest BCUT2D eigenvalue weighted by molar-refractivity contribution is 0.218. The SMILES string of the molecule is CCN(CC)C(CNC1=NCCCN1)c1cccc(OC)c1. The molecule has 2 rings (SSSR count). The molecule has 1 aromatic carbocycles. The highest BCUT2D eigenvalue weighted by atomic mass is 16.5. The molecule has 0 fully saturated rings. The van der Waals surface area contributed by atoms with Crippen molar-refractivity contribution in [1.29, 1.82) is 0 Å². The number of rotatable bonds is 7. The number of benzene rings is 1. The average molecular weight is 304 g/mol. The van der Waals surface area contributed by atoms with Crippen molar-refractivity contribution in [1.82, 2.24) is 15.5 Å². The van der Waals surface area contributed by atoms with Gasteiger partial charge in [0.2, 0.25) is 0 Å². The van der Waals surface area contributed by atoms with Gasteiger partial charge in [0.15, 0.2) is 5.96 Å². The highest BCUT2D eigenvalue weighted by Gasteiger charge is 2.19. The predicted octanol–water partition coefficient (Wildman–Crippen LogP) is 2.02. The molecule has 0 spiro atoms. The van der Waals surface area contributed by atoms with Gasteiger partial charge >= 0.3 is 0 Å². The molecule has 1 aliphatic rings. The van der Waals surface area contributed by atoms with Crippen LogP contribution in [0, 0.1) is 0 Å². The molecule has 5 heteroatoms. The highest BCUT2D eigenvalue weighted by Crippen LogP contribution is 2.23. The topological polar surface area (TPSA) is 48.9 Å². The van der Waals surface area contributed by atoms with Gasteiger partial charge in [-0.15, -0.1) is 0 Å². The number of likely N-dealkylation sites (N-methyl/N-ethyl adjacent to an activating group) is 1. The number of guanidine groups is 1. The van der Waals surface area contributed by atoms with E-state index in [1.54, 1.807) is 7.11 Å². The van der Waals surface area contributed by atoms with E-state index in [0.29, 0.717) is 6.04 Å². The lowest BCUT2D eigenvalue weighted by atomic mass is 10.0. The van der Waals surface area contributed by atoms with Crippen LogP contribution in [0.15, 0.2) is 29.3 Å². The largest absolute Gasteiger partial charge is 0.497 e. The Kier molecular flexibility index (Phi) is 6.52. The number of hydrogen-bond donors (Lipinski definition) is 2. The fraction of sp³-hybridized carbons (Fsp3) is 0.588. The number of nitrogens with one attached hydrogen (secondary N) is 2. The van der Waals surface area contributed by atoms with E-state index in [4.69, 9.17) is 4.74 Å². The van der Waals surface area contributed by atoms with Gasteiger partial charge in [-0.1, -0.05) is 26.0 Å². The van der Waals surface area contributed by atoms with Crippen molar-refractivity contribution >= 4 is 5.96 Å². The fourth-order valence-corrected chi connectivity index (χ4v) is 2.82. The minimum Gasteiger partial charge on any atom is -0.497 e. The molecule has 1 aromatic rings. The van der Waals surface area contributed by atoms with Crippen LogP contribution < -0.4 is 15.4 Å². The van der Waals surface area contributed by atoms with Crippen LogP contribution in [0.4, 0.5) is 0 Å². The fourth-order valence-electron chi connectivity index (χ4n) is 2.82. The summed E-state index contributed by atoms with van der Waals surface area (Å²) in [6, 6.07) is 8.64. The van der Waals surface area contributed by atoms with Crippen LogP contribution in [-0.2, 0) is 0 Å². The van der Waals surface area contributed by atoms with Gasteiger partial charge in [-0.05, 0) is 37.2 Å². The smallest absolute Gasteiger partial charge is 0.191 e. The molecule has 0 radical (unpaired) electrons. The third-order valence-electron chi connectivity index (χ3n) is 4.09. The lowest BCUT2D eigenvalue weighted by Gasteiger charge is -2.31. The Morgan fingerprint density at radius 2 is 2.18 bits per heavy atom. The van der Waals surface area contributed by atoms with E-state index in [0.717, 1.165) is 50.9 Å². The molecule has 0 aromatic heterocycles. The van der Waals surface area contributed by atoms with Crippen molar-refractivity contribution in [3.63, 3.8) is 0 Å². The molecule has 5 nitrogen and oxygen atoms in total. The molecule has 0 saturated heterocycles. The van der Waals surface area contributed by atoms with Crippen LogP contribution in [0.5, 0.6) is 5.75 Å². The second-order valence-corrected chi connectivity index (χ2v) is 5.41. The van der Waals surface area contributed by atoms with Gasteiger partial charge in [-0.25, -0.2) is 0 Å². The maximum atomic E-state index is 5.37. The van der Waals surface area contributed by atoms with E-state index in [2.05, 4.69) is 52.6 Å². The van der Waals surface area contributed by atoms with Crippen LogP contribution in [0.25, 0.3) is 0 Å². The van der Waals surface area contributed by atoms with Crippen molar-refractivity contribution in [2.24, 2.45) is 4.99 Å². The first-order chi connectivity index (χ1) is 10.8. The number of ether oxygens (including phenoxy) is 1. The minimum absolute atomic E-state index is 0.302. The molecule has 0 amide bonds. The molecule has 1 atom stereocenters. The standard InChI is InChI=1S/C17H28N4O/c1-4-21(5-2)16(13-20-17-18-10-7-11-19-17)14-8-6-9-15(12-14)22-3/h6,8-9,12,16H,4-5,7,10-11,13H2,1-3H3,(H2,18,19,20). The number of methoxy groups -OCH3 is 1. The van der Waals surface area contributed by atoms with Gasteiger partial charge in [0.25, 0.3) is 0 Å². The number of hydrogen-bond acceptors (Lipinski definition) is 5. The molecule has 1 aliphatic heterocycles. The second kappa shape index (κ2) is 8.63. The van der Waals surface area contributed by atoms with Crippen molar-refractivity contribution in [2.75, 3.05) is 39.8 Å². The second-order valence-electron chi connectivity index (χ2n) is 5.41. The summed E-state index contributed by atoms with van der Waals surface area (Å²) in [4.78, 5) is 6.94. The van der Waals surface area contributed by atoms with Crippen molar-refractivity contribution in [2.45, 2.75) is 26.3 Å². The van der Waals surface area contributed by atoms with Gasteiger partial charge < -0.3 is 15.4 Å². The van der Waals surface area contributed by atoms with Crippen LogP contribution in [0.1, 0.15) is 31.9 Å². The summed E-state index contributed by atoms with van der Waals surface area (Å²) in [5, 5.41) is 6.78. The summed E-state index contributed by atoms with van der Waals surface area (Å²) < 4.78 is 5.37. The Morgan fingerprint density at radius 3 is 2.82 bits per heavy atom. The zero-order chi connectivity index (χ0) is 15.8. The van der Waals surface area contributed by atoms with E-state index in [1.165, 1.54) is 5.56 Å². The summed E-state index contributed by atoms with van der Waals surface area (Å²) in [6.07, 6.45) is 1.11. The molecule has 122 valence electrons. The van der Waals surface area contributed by atoms with Crippen molar-refractivity contribution in [3.8, 4) is 5.75 Å². The van der Waals surface area contributed by atoms with Gasteiger partial charge in [0.1, 0.15) is 5.75 Å². The van der Waals surface area contributed by atoms with Crippen LogP contribution in [-0.4, -0.2) is 50.7 Å². The Bertz CT molecular complexity index is 485. The zero-order valence-electron chi connectivity index (χ0n) is 13.9. The van der Waals surface area contributed by atoms with Crippen LogP contribution in [0.3, 0.4) is 0 Å². The van der Waals surface area contributed by atoms with Gasteiger partial charge in [-0.3, -0.25) is 9.89 Å². The molecule has 2 N–H and O–H groups in total. The molecule has 0 aliphatic carbocycles. The molecule has 1 unspecified atom stereocenters. The van der Waals surface area contributed by atoms with E-state index < -0.39 is 0 Å².